The van der Waals surface area contributed by atoms with Crippen LogP contribution in [0.25, 0.3) is 0 Å². The molecule has 0 aliphatic heterocycles. The van der Waals surface area contributed by atoms with Crippen LogP contribution in [0.1, 0.15) is 12.8 Å². The van der Waals surface area contributed by atoms with Gasteiger partial charge in [-0.15, -0.1) is 0 Å². The molecule has 1 saturated carbocycles. The molecule has 2 N–H and O–H groups in total. The monoisotopic (exact) mass is 272 g/mol. The van der Waals surface area contributed by atoms with Gasteiger partial charge in [0.2, 0.25) is 0 Å². The second-order valence-corrected chi connectivity index (χ2v) is 4.70. The number of hydrogen-bond donors (Lipinski definition) is 2. The van der Waals surface area contributed by atoms with Gasteiger partial charge in [0.1, 0.15) is 5.82 Å². The van der Waals surface area contributed by atoms with Crippen LogP contribution in [0.2, 0.25) is 0 Å². The first-order valence-electron chi connectivity index (χ1n) is 5.18. The maximum Gasteiger partial charge on any atom is 0.146 e. The minimum atomic E-state index is -0.204. The topological polar surface area (TPSA) is 24.1 Å². The van der Waals surface area contributed by atoms with Crippen LogP contribution in [0, 0.1) is 5.82 Å². The van der Waals surface area contributed by atoms with Crippen molar-refractivity contribution in [3.63, 3.8) is 0 Å². The number of hydrogen-bond acceptors (Lipinski definition) is 2. The lowest BCUT2D eigenvalue weighted by molar-refractivity contribution is 0.628. The molecule has 0 unspecified atom stereocenters. The first-order valence-corrected chi connectivity index (χ1v) is 5.97. The molecule has 1 aromatic rings. The van der Waals surface area contributed by atoms with Gasteiger partial charge in [-0.05, 0) is 31.0 Å². The third-order valence-corrected chi connectivity index (χ3v) is 2.87. The molecule has 4 heteroatoms. The van der Waals surface area contributed by atoms with Crippen molar-refractivity contribution in [3.8, 4) is 0 Å². The molecule has 0 saturated heterocycles. The maximum absolute atomic E-state index is 13.3. The molecule has 2 rings (SSSR count). The zero-order valence-corrected chi connectivity index (χ0v) is 9.98. The smallest absolute Gasteiger partial charge is 0.146 e. The number of anilines is 1. The van der Waals surface area contributed by atoms with Crippen molar-refractivity contribution in [2.75, 3.05) is 18.4 Å². The van der Waals surface area contributed by atoms with Crippen LogP contribution in [0.3, 0.4) is 0 Å². The molecule has 15 heavy (non-hydrogen) atoms. The van der Waals surface area contributed by atoms with E-state index in [1.54, 1.807) is 12.1 Å². The van der Waals surface area contributed by atoms with Crippen LogP contribution in [0.4, 0.5) is 10.1 Å². The molecule has 0 bridgehead atoms. The van der Waals surface area contributed by atoms with Gasteiger partial charge in [-0.3, -0.25) is 0 Å². The molecule has 2 nitrogen and oxygen atoms in total. The van der Waals surface area contributed by atoms with E-state index < -0.39 is 0 Å². The Labute approximate surface area is 97.4 Å². The Bertz CT molecular complexity index is 339. The summed E-state index contributed by atoms with van der Waals surface area (Å²) in [7, 11) is 0. The van der Waals surface area contributed by atoms with Gasteiger partial charge < -0.3 is 10.6 Å². The van der Waals surface area contributed by atoms with Gasteiger partial charge in [0.05, 0.1) is 5.69 Å². The fraction of sp³-hybridized carbons (Fsp3) is 0.455. The summed E-state index contributed by atoms with van der Waals surface area (Å²) in [5.41, 5.74) is 0.557. The summed E-state index contributed by atoms with van der Waals surface area (Å²) in [5, 5.41) is 6.43. The van der Waals surface area contributed by atoms with Crippen molar-refractivity contribution in [2.24, 2.45) is 0 Å². The van der Waals surface area contributed by atoms with E-state index in [1.807, 2.05) is 0 Å². The van der Waals surface area contributed by atoms with Gasteiger partial charge in [-0.1, -0.05) is 15.9 Å². The molecule has 0 aromatic heterocycles. The highest BCUT2D eigenvalue weighted by atomic mass is 79.9. The van der Waals surface area contributed by atoms with E-state index in [0.29, 0.717) is 11.7 Å². The highest BCUT2D eigenvalue weighted by molar-refractivity contribution is 9.10. The Morgan fingerprint density at radius 1 is 1.33 bits per heavy atom. The van der Waals surface area contributed by atoms with Crippen molar-refractivity contribution >= 4 is 21.6 Å². The largest absolute Gasteiger partial charge is 0.381 e. The van der Waals surface area contributed by atoms with E-state index in [-0.39, 0.29) is 5.82 Å². The fourth-order valence-electron chi connectivity index (χ4n) is 1.39. The Hall–Kier alpha value is -0.610. The van der Waals surface area contributed by atoms with Crippen molar-refractivity contribution in [1.82, 2.24) is 5.32 Å². The third-order valence-electron chi connectivity index (χ3n) is 2.38. The van der Waals surface area contributed by atoms with Gasteiger partial charge in [-0.2, -0.15) is 0 Å². The van der Waals surface area contributed by atoms with E-state index in [9.17, 15) is 4.39 Å². The van der Waals surface area contributed by atoms with Crippen LogP contribution in [0.5, 0.6) is 0 Å². The summed E-state index contributed by atoms with van der Waals surface area (Å²) < 4.78 is 14.2. The van der Waals surface area contributed by atoms with Gasteiger partial charge in [0, 0.05) is 23.6 Å². The molecule has 1 aromatic carbocycles. The minimum Gasteiger partial charge on any atom is -0.381 e. The van der Waals surface area contributed by atoms with E-state index in [0.717, 1.165) is 17.6 Å². The van der Waals surface area contributed by atoms with Gasteiger partial charge in [0.25, 0.3) is 0 Å². The first-order chi connectivity index (χ1) is 7.25. The van der Waals surface area contributed by atoms with Crippen molar-refractivity contribution in [2.45, 2.75) is 18.9 Å². The lowest BCUT2D eigenvalue weighted by Crippen LogP contribution is -2.24. The lowest BCUT2D eigenvalue weighted by Gasteiger charge is -2.08. The summed E-state index contributed by atoms with van der Waals surface area (Å²) in [5.74, 6) is -0.204. The molecule has 0 radical (unpaired) electrons. The van der Waals surface area contributed by atoms with Crippen molar-refractivity contribution in [3.05, 3.63) is 28.5 Å². The van der Waals surface area contributed by atoms with Crippen molar-refractivity contribution < 1.29 is 4.39 Å². The predicted octanol–water partition coefficient (Wildman–Crippen LogP) is 2.75. The van der Waals surface area contributed by atoms with E-state index in [2.05, 4.69) is 26.6 Å². The molecular weight excluding hydrogens is 259 g/mol. The highest BCUT2D eigenvalue weighted by Crippen LogP contribution is 2.20. The molecular formula is C11H14BrFN2. The maximum atomic E-state index is 13.3. The standard InChI is InChI=1S/C11H14BrFN2/c12-8-1-4-10(13)11(7-8)15-6-5-14-9-2-3-9/h1,4,7,9,14-15H,2-3,5-6H2. The van der Waals surface area contributed by atoms with Crippen molar-refractivity contribution in [1.29, 1.82) is 0 Å². The summed E-state index contributed by atoms with van der Waals surface area (Å²) >= 11 is 3.32. The average molecular weight is 273 g/mol. The lowest BCUT2D eigenvalue weighted by atomic mass is 10.3. The van der Waals surface area contributed by atoms with Gasteiger partial charge in [0.15, 0.2) is 0 Å². The highest BCUT2D eigenvalue weighted by Gasteiger charge is 2.19. The average Bonchev–Trinajstić information content (AvgIpc) is 3.01. The Morgan fingerprint density at radius 2 is 2.13 bits per heavy atom. The van der Waals surface area contributed by atoms with Gasteiger partial charge in [-0.25, -0.2) is 4.39 Å². The second kappa shape index (κ2) is 4.94. The fourth-order valence-corrected chi connectivity index (χ4v) is 1.75. The Morgan fingerprint density at radius 3 is 2.87 bits per heavy atom. The predicted molar refractivity (Wildman–Crippen MR) is 63.6 cm³/mol. The second-order valence-electron chi connectivity index (χ2n) is 3.78. The minimum absolute atomic E-state index is 0.204. The molecule has 82 valence electrons. The molecule has 1 aliphatic carbocycles. The van der Waals surface area contributed by atoms with Crippen LogP contribution in [0.15, 0.2) is 22.7 Å². The van der Waals surface area contributed by atoms with E-state index in [4.69, 9.17) is 0 Å². The first kappa shape index (κ1) is 10.9. The quantitative estimate of drug-likeness (QED) is 0.806. The number of nitrogens with one attached hydrogen (secondary N) is 2. The molecule has 0 atom stereocenters. The SMILES string of the molecule is Fc1ccc(Br)cc1NCCNC1CC1. The van der Waals surface area contributed by atoms with Crippen LogP contribution in [-0.2, 0) is 0 Å². The summed E-state index contributed by atoms with van der Waals surface area (Å²) in [4.78, 5) is 0. The van der Waals surface area contributed by atoms with E-state index in [1.165, 1.54) is 18.9 Å². The third kappa shape index (κ3) is 3.47. The van der Waals surface area contributed by atoms with Crippen LogP contribution >= 0.6 is 15.9 Å². The number of benzene rings is 1. The Balaban J connectivity index is 1.78. The summed E-state index contributed by atoms with van der Waals surface area (Å²) in [6, 6.07) is 5.62. The normalized spacial score (nSPS) is 15.3. The Kier molecular flexibility index (Phi) is 3.59. The molecule has 0 spiro atoms. The van der Waals surface area contributed by atoms with Gasteiger partial charge >= 0.3 is 0 Å². The zero-order chi connectivity index (χ0) is 10.7. The number of halogens is 2. The number of rotatable bonds is 5. The molecule has 1 aliphatic rings. The zero-order valence-electron chi connectivity index (χ0n) is 8.39. The molecule has 0 amide bonds. The summed E-state index contributed by atoms with van der Waals surface area (Å²) in [6.07, 6.45) is 2.57. The summed E-state index contributed by atoms with van der Waals surface area (Å²) in [6.45, 7) is 1.64. The molecule has 1 fully saturated rings. The molecule has 0 heterocycles. The van der Waals surface area contributed by atoms with E-state index >= 15 is 0 Å². The van der Waals surface area contributed by atoms with Crippen LogP contribution < -0.4 is 10.6 Å². The van der Waals surface area contributed by atoms with Crippen LogP contribution in [-0.4, -0.2) is 19.1 Å².